The molecule has 0 aromatic heterocycles. The van der Waals surface area contributed by atoms with E-state index in [-0.39, 0.29) is 15.7 Å². The number of thiol groups is 1. The summed E-state index contributed by atoms with van der Waals surface area (Å²) in [5.74, 6) is -0.510. The molecule has 5 nitrogen and oxygen atoms in total. The van der Waals surface area contributed by atoms with E-state index in [0.29, 0.717) is 4.31 Å². The first-order chi connectivity index (χ1) is 7.43. The van der Waals surface area contributed by atoms with E-state index >= 15 is 0 Å². The molecule has 0 unspecified atom stereocenters. The second kappa shape index (κ2) is 5.29. The van der Waals surface area contributed by atoms with Crippen LogP contribution in [-0.4, -0.2) is 16.3 Å². The fourth-order valence-electron chi connectivity index (χ4n) is 0.887. The summed E-state index contributed by atoms with van der Waals surface area (Å²) in [7, 11) is 0. The van der Waals surface area contributed by atoms with Gasteiger partial charge in [0.1, 0.15) is 0 Å². The van der Waals surface area contributed by atoms with Gasteiger partial charge in [0, 0.05) is 0 Å². The molecule has 86 valence electrons. The van der Waals surface area contributed by atoms with Crippen LogP contribution in [-0.2, 0) is 0 Å². The summed E-state index contributed by atoms with van der Waals surface area (Å²) in [6.07, 6.45) is 0. The molecule has 2 amide bonds. The van der Waals surface area contributed by atoms with Gasteiger partial charge in [-0.1, -0.05) is 42.1 Å². The summed E-state index contributed by atoms with van der Waals surface area (Å²) in [6, 6.07) is 4.06. The summed E-state index contributed by atoms with van der Waals surface area (Å²) < 4.78 is 0.625. The summed E-state index contributed by atoms with van der Waals surface area (Å²) in [5, 5.41) is 9.96. The van der Waals surface area contributed by atoms with Crippen molar-refractivity contribution in [3.63, 3.8) is 0 Å². The van der Waals surface area contributed by atoms with E-state index < -0.39 is 12.0 Å². The molecule has 8 heteroatoms. The number of amides is 2. The van der Waals surface area contributed by atoms with Crippen molar-refractivity contribution in [2.24, 2.45) is 5.73 Å². The van der Waals surface area contributed by atoms with Crippen LogP contribution in [0.25, 0.3) is 0 Å². The minimum atomic E-state index is -0.717. The van der Waals surface area contributed by atoms with Gasteiger partial charge in [-0.25, -0.2) is 9.10 Å². The molecule has 0 aliphatic heterocycles. The van der Waals surface area contributed by atoms with Crippen molar-refractivity contribution in [1.29, 1.82) is 5.41 Å². The zero-order valence-electron chi connectivity index (χ0n) is 7.87. The van der Waals surface area contributed by atoms with Gasteiger partial charge in [-0.3, -0.25) is 5.41 Å². The van der Waals surface area contributed by atoms with Crippen LogP contribution in [0.15, 0.2) is 18.2 Å². The summed E-state index contributed by atoms with van der Waals surface area (Å²) in [4.78, 5) is 11.5. The third kappa shape index (κ3) is 2.94. The number of guanidine groups is 1. The summed E-state index contributed by atoms with van der Waals surface area (Å²) >= 11 is 15.4. The van der Waals surface area contributed by atoms with Crippen molar-refractivity contribution in [3.8, 4) is 0 Å². The van der Waals surface area contributed by atoms with Crippen LogP contribution in [0.2, 0.25) is 10.0 Å². The molecule has 0 bridgehead atoms. The maximum absolute atomic E-state index is 11.5. The molecule has 0 saturated carbocycles. The highest BCUT2D eigenvalue weighted by molar-refractivity contribution is 7.79. The van der Waals surface area contributed by atoms with Gasteiger partial charge >= 0.3 is 6.03 Å². The standard InChI is InChI=1S/C8H8Cl2N4OS/c9-4-2-1-3-5(10)6(4)13-8(15)14(16)7(11)12/h1-3,16H,(H3,11,12)(H,13,15). The highest BCUT2D eigenvalue weighted by Gasteiger charge is 2.15. The van der Waals surface area contributed by atoms with Crippen LogP contribution >= 0.6 is 36.0 Å². The second-order valence-electron chi connectivity index (χ2n) is 2.72. The number of nitrogens with one attached hydrogen (secondary N) is 2. The summed E-state index contributed by atoms with van der Waals surface area (Å²) in [5.41, 5.74) is 5.32. The Morgan fingerprint density at radius 1 is 1.44 bits per heavy atom. The number of urea groups is 1. The zero-order chi connectivity index (χ0) is 12.3. The minimum absolute atomic E-state index is 0.246. The number of carbonyl (C=O) groups is 1. The highest BCUT2D eigenvalue weighted by Crippen LogP contribution is 2.29. The average Bonchev–Trinajstić information content (AvgIpc) is 2.22. The number of carbonyl (C=O) groups excluding carboxylic acids is 1. The Kier molecular flexibility index (Phi) is 4.28. The predicted octanol–water partition coefficient (Wildman–Crippen LogP) is 2.57. The molecule has 16 heavy (non-hydrogen) atoms. The van der Waals surface area contributed by atoms with Gasteiger partial charge in [0.15, 0.2) is 0 Å². The topological polar surface area (TPSA) is 82.2 Å². The molecule has 0 radical (unpaired) electrons. The van der Waals surface area contributed by atoms with Gasteiger partial charge in [-0.05, 0) is 12.1 Å². The quantitative estimate of drug-likeness (QED) is 0.362. The number of nitrogens with two attached hydrogens (primary N) is 1. The van der Waals surface area contributed by atoms with Gasteiger partial charge in [0.25, 0.3) is 0 Å². The number of para-hydroxylation sites is 1. The summed E-state index contributed by atoms with van der Waals surface area (Å²) in [6.45, 7) is 0. The lowest BCUT2D eigenvalue weighted by Crippen LogP contribution is -2.37. The number of halogens is 2. The first-order valence-corrected chi connectivity index (χ1v) is 5.17. The monoisotopic (exact) mass is 278 g/mol. The third-order valence-electron chi connectivity index (χ3n) is 1.62. The molecule has 0 heterocycles. The van der Waals surface area contributed by atoms with Crippen molar-refractivity contribution in [2.75, 3.05) is 5.32 Å². The van der Waals surface area contributed by atoms with Crippen molar-refractivity contribution in [1.82, 2.24) is 4.31 Å². The first-order valence-electron chi connectivity index (χ1n) is 4.01. The number of hydrogen-bond acceptors (Lipinski definition) is 3. The van der Waals surface area contributed by atoms with E-state index in [1.165, 1.54) is 0 Å². The zero-order valence-corrected chi connectivity index (χ0v) is 10.3. The van der Waals surface area contributed by atoms with Crippen LogP contribution in [0.5, 0.6) is 0 Å². The van der Waals surface area contributed by atoms with Gasteiger partial charge in [0.05, 0.1) is 15.7 Å². The van der Waals surface area contributed by atoms with Crippen molar-refractivity contribution >= 4 is 53.7 Å². The maximum atomic E-state index is 11.5. The van der Waals surface area contributed by atoms with E-state index in [1.807, 2.05) is 0 Å². The van der Waals surface area contributed by atoms with Gasteiger partial charge < -0.3 is 11.1 Å². The Morgan fingerprint density at radius 2 is 1.94 bits per heavy atom. The Bertz CT molecular complexity index is 420. The molecule has 0 saturated heterocycles. The third-order valence-corrected chi connectivity index (χ3v) is 2.64. The van der Waals surface area contributed by atoms with Crippen LogP contribution in [0, 0.1) is 5.41 Å². The molecule has 0 atom stereocenters. The van der Waals surface area contributed by atoms with Gasteiger partial charge in [0.2, 0.25) is 5.96 Å². The van der Waals surface area contributed by atoms with E-state index in [9.17, 15) is 4.79 Å². The largest absolute Gasteiger partial charge is 0.369 e. The number of hydrogen-bond donors (Lipinski definition) is 4. The van der Waals surface area contributed by atoms with Crippen molar-refractivity contribution < 1.29 is 4.79 Å². The molecular weight excluding hydrogens is 271 g/mol. The minimum Gasteiger partial charge on any atom is -0.369 e. The molecule has 0 aliphatic rings. The molecule has 1 aromatic carbocycles. The second-order valence-corrected chi connectivity index (χ2v) is 3.94. The lowest BCUT2D eigenvalue weighted by atomic mass is 10.3. The lowest BCUT2D eigenvalue weighted by molar-refractivity contribution is 0.247. The Labute approximate surface area is 108 Å². The van der Waals surface area contributed by atoms with Crippen molar-refractivity contribution in [3.05, 3.63) is 28.2 Å². The molecule has 0 spiro atoms. The normalized spacial score (nSPS) is 9.69. The molecule has 0 fully saturated rings. The average molecular weight is 279 g/mol. The molecule has 4 N–H and O–H groups in total. The first kappa shape index (κ1) is 13.0. The smallest absolute Gasteiger partial charge is 0.338 e. The van der Waals surface area contributed by atoms with E-state index in [1.54, 1.807) is 18.2 Å². The maximum Gasteiger partial charge on any atom is 0.338 e. The van der Waals surface area contributed by atoms with Gasteiger partial charge in [-0.2, -0.15) is 0 Å². The molecule has 1 rings (SSSR count). The van der Waals surface area contributed by atoms with Crippen LogP contribution in [0.3, 0.4) is 0 Å². The predicted molar refractivity (Wildman–Crippen MR) is 68.2 cm³/mol. The van der Waals surface area contributed by atoms with Crippen LogP contribution < -0.4 is 11.1 Å². The van der Waals surface area contributed by atoms with E-state index in [4.69, 9.17) is 34.3 Å². The SMILES string of the molecule is N=C(N)N(S)C(=O)Nc1c(Cl)cccc1Cl. The number of rotatable bonds is 1. The lowest BCUT2D eigenvalue weighted by Gasteiger charge is -2.15. The highest BCUT2D eigenvalue weighted by atomic mass is 35.5. The van der Waals surface area contributed by atoms with E-state index in [0.717, 1.165) is 0 Å². The van der Waals surface area contributed by atoms with Crippen molar-refractivity contribution in [2.45, 2.75) is 0 Å². The Balaban J connectivity index is 2.89. The fourth-order valence-corrected chi connectivity index (χ4v) is 1.43. The number of anilines is 1. The number of nitrogens with zero attached hydrogens (tertiary/aromatic N) is 1. The fraction of sp³-hybridized carbons (Fsp3) is 0. The van der Waals surface area contributed by atoms with E-state index in [2.05, 4.69) is 18.1 Å². The Morgan fingerprint density at radius 3 is 2.38 bits per heavy atom. The molecule has 1 aromatic rings. The molecular formula is C8H8Cl2N4OS. The number of benzene rings is 1. The van der Waals surface area contributed by atoms with Crippen LogP contribution in [0.1, 0.15) is 0 Å². The Hall–Kier alpha value is -1.11. The molecule has 0 aliphatic carbocycles. The van der Waals surface area contributed by atoms with Gasteiger partial charge in [-0.15, -0.1) is 0 Å². The van der Waals surface area contributed by atoms with Crippen LogP contribution in [0.4, 0.5) is 10.5 Å².